The van der Waals surface area contributed by atoms with E-state index in [0.717, 1.165) is 19.4 Å². The first-order valence-corrected chi connectivity index (χ1v) is 7.42. The van der Waals surface area contributed by atoms with Crippen molar-refractivity contribution in [1.82, 2.24) is 9.80 Å². The van der Waals surface area contributed by atoms with Crippen LogP contribution in [0.4, 0.5) is 0 Å². The van der Waals surface area contributed by atoms with Crippen LogP contribution in [-0.2, 0) is 4.74 Å². The maximum Gasteiger partial charge on any atom is 0.0724 e. The predicted octanol–water partition coefficient (Wildman–Crippen LogP) is 0.766. The number of hydrogen-bond donors (Lipinski definition) is 1. The van der Waals surface area contributed by atoms with Crippen molar-refractivity contribution < 1.29 is 4.74 Å². The number of nitrogens with zero attached hydrogens (tertiary/aromatic N) is 2. The zero-order valence-electron chi connectivity index (χ0n) is 12.0. The van der Waals surface area contributed by atoms with Gasteiger partial charge in [0.1, 0.15) is 0 Å². The Bertz CT molecular complexity index is 241. The van der Waals surface area contributed by atoms with E-state index in [1.165, 1.54) is 39.1 Å². The molecule has 18 heavy (non-hydrogen) atoms. The predicted molar refractivity (Wildman–Crippen MR) is 74.7 cm³/mol. The summed E-state index contributed by atoms with van der Waals surface area (Å²) in [6, 6.07) is 0.440. The van der Waals surface area contributed by atoms with Crippen molar-refractivity contribution in [3.8, 4) is 0 Å². The molecule has 2 aliphatic rings. The highest BCUT2D eigenvalue weighted by molar-refractivity contribution is 4.80. The van der Waals surface area contributed by atoms with Crippen LogP contribution in [0.5, 0.6) is 0 Å². The molecule has 0 radical (unpaired) electrons. The first kappa shape index (κ1) is 14.3. The standard InChI is InChI=1S/C14H29N3O/c1-12-3-6-17(11-14(12)18-2)10-9-16-7-4-13(15)5-8-16/h12-14H,3-11,15H2,1-2H3. The van der Waals surface area contributed by atoms with Gasteiger partial charge in [-0.1, -0.05) is 6.92 Å². The molecule has 0 spiro atoms. The van der Waals surface area contributed by atoms with Crippen molar-refractivity contribution in [2.45, 2.75) is 38.3 Å². The molecular formula is C14H29N3O. The highest BCUT2D eigenvalue weighted by atomic mass is 16.5. The highest BCUT2D eigenvalue weighted by Gasteiger charge is 2.26. The van der Waals surface area contributed by atoms with Crippen molar-refractivity contribution in [2.75, 3.05) is 46.4 Å². The Labute approximate surface area is 111 Å². The molecule has 2 unspecified atom stereocenters. The van der Waals surface area contributed by atoms with Gasteiger partial charge in [0.2, 0.25) is 0 Å². The summed E-state index contributed by atoms with van der Waals surface area (Å²) in [7, 11) is 1.84. The minimum Gasteiger partial charge on any atom is -0.380 e. The van der Waals surface area contributed by atoms with Crippen molar-refractivity contribution >= 4 is 0 Å². The van der Waals surface area contributed by atoms with Gasteiger partial charge in [-0.15, -0.1) is 0 Å². The molecule has 2 rings (SSSR count). The summed E-state index contributed by atoms with van der Waals surface area (Å²) in [4.78, 5) is 5.12. The molecule has 0 aliphatic carbocycles. The second-order valence-electron chi connectivity index (χ2n) is 6.02. The molecular weight excluding hydrogens is 226 g/mol. The fourth-order valence-corrected chi connectivity index (χ4v) is 3.07. The van der Waals surface area contributed by atoms with Gasteiger partial charge in [0.05, 0.1) is 6.10 Å². The molecule has 4 heteroatoms. The van der Waals surface area contributed by atoms with Gasteiger partial charge in [-0.25, -0.2) is 0 Å². The average Bonchev–Trinajstić information content (AvgIpc) is 2.39. The SMILES string of the molecule is COC1CN(CCN2CCC(N)CC2)CCC1C. The first-order valence-electron chi connectivity index (χ1n) is 7.42. The largest absolute Gasteiger partial charge is 0.380 e. The normalized spacial score (nSPS) is 32.8. The molecule has 0 aromatic rings. The van der Waals surface area contributed by atoms with Crippen LogP contribution >= 0.6 is 0 Å². The number of rotatable bonds is 4. The number of piperidine rings is 2. The molecule has 106 valence electrons. The zero-order valence-corrected chi connectivity index (χ0v) is 12.0. The van der Waals surface area contributed by atoms with E-state index in [1.807, 2.05) is 7.11 Å². The fraction of sp³-hybridized carbons (Fsp3) is 1.00. The second kappa shape index (κ2) is 6.85. The van der Waals surface area contributed by atoms with E-state index in [4.69, 9.17) is 10.5 Å². The number of hydrogen-bond acceptors (Lipinski definition) is 4. The smallest absolute Gasteiger partial charge is 0.0724 e. The molecule has 0 aromatic heterocycles. The molecule has 2 N–H and O–H groups in total. The molecule has 2 atom stereocenters. The van der Waals surface area contributed by atoms with Crippen LogP contribution in [-0.4, -0.2) is 68.3 Å². The van der Waals surface area contributed by atoms with Gasteiger partial charge in [-0.3, -0.25) is 4.90 Å². The third kappa shape index (κ3) is 3.92. The van der Waals surface area contributed by atoms with E-state index < -0.39 is 0 Å². The molecule has 0 aromatic carbocycles. The quantitative estimate of drug-likeness (QED) is 0.805. The van der Waals surface area contributed by atoms with E-state index >= 15 is 0 Å². The molecule has 0 saturated carbocycles. The van der Waals surface area contributed by atoms with E-state index in [2.05, 4.69) is 16.7 Å². The second-order valence-corrected chi connectivity index (χ2v) is 6.02. The Hall–Kier alpha value is -0.160. The maximum absolute atomic E-state index is 5.93. The summed E-state index contributed by atoms with van der Waals surface area (Å²) >= 11 is 0. The van der Waals surface area contributed by atoms with Gasteiger partial charge in [-0.05, 0) is 44.8 Å². The van der Waals surface area contributed by atoms with Gasteiger partial charge in [-0.2, -0.15) is 0 Å². The zero-order chi connectivity index (χ0) is 13.0. The van der Waals surface area contributed by atoms with Gasteiger partial charge >= 0.3 is 0 Å². The van der Waals surface area contributed by atoms with Crippen molar-refractivity contribution in [2.24, 2.45) is 11.7 Å². The lowest BCUT2D eigenvalue weighted by Crippen LogP contribution is -2.48. The molecule has 2 fully saturated rings. The van der Waals surface area contributed by atoms with Crippen LogP contribution in [0.1, 0.15) is 26.2 Å². The van der Waals surface area contributed by atoms with Crippen LogP contribution in [0.3, 0.4) is 0 Å². The summed E-state index contributed by atoms with van der Waals surface area (Å²) in [6.45, 7) is 9.37. The lowest BCUT2D eigenvalue weighted by molar-refractivity contribution is -0.00767. The number of likely N-dealkylation sites (tertiary alicyclic amines) is 2. The van der Waals surface area contributed by atoms with Crippen LogP contribution in [0.25, 0.3) is 0 Å². The Morgan fingerprint density at radius 1 is 1.06 bits per heavy atom. The number of methoxy groups -OCH3 is 1. The van der Waals surface area contributed by atoms with Crippen LogP contribution < -0.4 is 5.73 Å². The third-order valence-corrected chi connectivity index (χ3v) is 4.64. The van der Waals surface area contributed by atoms with E-state index in [9.17, 15) is 0 Å². The lowest BCUT2D eigenvalue weighted by atomic mass is 9.96. The molecule has 2 heterocycles. The van der Waals surface area contributed by atoms with E-state index in [-0.39, 0.29) is 0 Å². The van der Waals surface area contributed by atoms with Crippen LogP contribution in [0.2, 0.25) is 0 Å². The Balaban J connectivity index is 1.67. The first-order chi connectivity index (χ1) is 8.69. The minimum atomic E-state index is 0.425. The summed E-state index contributed by atoms with van der Waals surface area (Å²) < 4.78 is 5.57. The fourth-order valence-electron chi connectivity index (χ4n) is 3.07. The average molecular weight is 255 g/mol. The molecule has 2 saturated heterocycles. The molecule has 0 amide bonds. The Morgan fingerprint density at radius 3 is 2.33 bits per heavy atom. The van der Waals surface area contributed by atoms with E-state index in [1.54, 1.807) is 0 Å². The molecule has 0 bridgehead atoms. The topological polar surface area (TPSA) is 41.7 Å². The third-order valence-electron chi connectivity index (χ3n) is 4.64. The van der Waals surface area contributed by atoms with Crippen LogP contribution in [0.15, 0.2) is 0 Å². The summed E-state index contributed by atoms with van der Waals surface area (Å²) in [6.07, 6.45) is 4.02. The summed E-state index contributed by atoms with van der Waals surface area (Å²) in [5.74, 6) is 0.708. The number of ether oxygens (including phenoxy) is 1. The highest BCUT2D eigenvalue weighted by Crippen LogP contribution is 2.19. The monoisotopic (exact) mass is 255 g/mol. The van der Waals surface area contributed by atoms with Gasteiger partial charge in [0.15, 0.2) is 0 Å². The van der Waals surface area contributed by atoms with E-state index in [0.29, 0.717) is 18.1 Å². The summed E-state index contributed by atoms with van der Waals surface area (Å²) in [5.41, 5.74) is 5.93. The van der Waals surface area contributed by atoms with Gasteiger partial charge < -0.3 is 15.4 Å². The Morgan fingerprint density at radius 2 is 1.67 bits per heavy atom. The molecule has 4 nitrogen and oxygen atoms in total. The van der Waals surface area contributed by atoms with Crippen molar-refractivity contribution in [3.63, 3.8) is 0 Å². The van der Waals surface area contributed by atoms with Crippen LogP contribution in [0, 0.1) is 5.92 Å². The molecule has 2 aliphatic heterocycles. The Kier molecular flexibility index (Phi) is 5.42. The van der Waals surface area contributed by atoms with Gasteiger partial charge in [0.25, 0.3) is 0 Å². The maximum atomic E-state index is 5.93. The van der Waals surface area contributed by atoms with Gasteiger partial charge in [0, 0.05) is 32.8 Å². The lowest BCUT2D eigenvalue weighted by Gasteiger charge is -2.38. The minimum absolute atomic E-state index is 0.425. The number of nitrogens with two attached hydrogens (primary N) is 1. The summed E-state index contributed by atoms with van der Waals surface area (Å²) in [5, 5.41) is 0. The van der Waals surface area contributed by atoms with Crippen molar-refractivity contribution in [3.05, 3.63) is 0 Å². The van der Waals surface area contributed by atoms with Crippen molar-refractivity contribution in [1.29, 1.82) is 0 Å².